The molecule has 0 aliphatic rings. The second kappa shape index (κ2) is 5.84. The van der Waals surface area contributed by atoms with E-state index >= 15 is 0 Å². The molecule has 4 N–H and O–H groups in total. The Morgan fingerprint density at radius 1 is 1.19 bits per heavy atom. The average molecular weight is 308 g/mol. The van der Waals surface area contributed by atoms with E-state index in [0.29, 0.717) is 5.56 Å². The largest absolute Gasteiger partial charge is 0.507 e. The standard InChI is InChI=1S/C14H10F2N2O2S/c15-8-2-4-12(19)9(6-8)14(20)18-11-3-1-7(13(17)21)5-10(11)16/h1-6,19H,(H2,17,21)(H,18,20). The van der Waals surface area contributed by atoms with Gasteiger partial charge in [-0.2, -0.15) is 0 Å². The minimum absolute atomic E-state index is 0.0227. The number of nitrogens with two attached hydrogens (primary N) is 1. The van der Waals surface area contributed by atoms with Crippen molar-refractivity contribution in [2.24, 2.45) is 5.73 Å². The van der Waals surface area contributed by atoms with Crippen molar-refractivity contribution in [1.29, 1.82) is 0 Å². The van der Waals surface area contributed by atoms with Crippen molar-refractivity contribution in [2.75, 3.05) is 5.32 Å². The predicted octanol–water partition coefficient (Wildman–Crippen LogP) is 2.56. The number of anilines is 1. The highest BCUT2D eigenvalue weighted by Crippen LogP contribution is 2.21. The Bertz CT molecular complexity index is 735. The quantitative estimate of drug-likeness (QED) is 0.762. The molecule has 0 fully saturated rings. The number of benzene rings is 2. The van der Waals surface area contributed by atoms with Crippen molar-refractivity contribution in [3.8, 4) is 5.75 Å². The summed E-state index contributed by atoms with van der Waals surface area (Å²) in [5, 5.41) is 11.8. The molecule has 21 heavy (non-hydrogen) atoms. The van der Waals surface area contributed by atoms with E-state index in [1.165, 1.54) is 12.1 Å². The van der Waals surface area contributed by atoms with E-state index in [4.69, 9.17) is 18.0 Å². The predicted molar refractivity (Wildman–Crippen MR) is 78.3 cm³/mol. The lowest BCUT2D eigenvalue weighted by Gasteiger charge is -2.09. The van der Waals surface area contributed by atoms with Crippen molar-refractivity contribution in [3.05, 3.63) is 59.2 Å². The van der Waals surface area contributed by atoms with Crippen molar-refractivity contribution >= 4 is 28.8 Å². The van der Waals surface area contributed by atoms with Crippen molar-refractivity contribution in [3.63, 3.8) is 0 Å². The van der Waals surface area contributed by atoms with Crippen molar-refractivity contribution in [1.82, 2.24) is 0 Å². The molecule has 7 heteroatoms. The molecule has 2 rings (SSSR count). The van der Waals surface area contributed by atoms with Gasteiger partial charge in [0.1, 0.15) is 22.4 Å². The van der Waals surface area contributed by atoms with Gasteiger partial charge >= 0.3 is 0 Å². The zero-order valence-corrected chi connectivity index (χ0v) is 11.4. The van der Waals surface area contributed by atoms with Crippen LogP contribution in [0.15, 0.2) is 36.4 Å². The first kappa shape index (κ1) is 14.9. The third kappa shape index (κ3) is 3.32. The molecule has 0 atom stereocenters. The number of rotatable bonds is 3. The fourth-order valence-electron chi connectivity index (χ4n) is 1.65. The first-order valence-electron chi connectivity index (χ1n) is 5.77. The van der Waals surface area contributed by atoms with Crippen LogP contribution in [0, 0.1) is 11.6 Å². The number of amides is 1. The van der Waals surface area contributed by atoms with Gasteiger partial charge in [0.2, 0.25) is 0 Å². The molecule has 1 amide bonds. The van der Waals surface area contributed by atoms with Crippen LogP contribution in [0.1, 0.15) is 15.9 Å². The number of hydrogen-bond acceptors (Lipinski definition) is 3. The number of aromatic hydroxyl groups is 1. The summed E-state index contributed by atoms with van der Waals surface area (Å²) in [6.07, 6.45) is 0. The summed E-state index contributed by atoms with van der Waals surface area (Å²) in [4.78, 5) is 11.9. The second-order valence-electron chi connectivity index (χ2n) is 4.17. The Morgan fingerprint density at radius 3 is 2.52 bits per heavy atom. The molecule has 0 aromatic heterocycles. The monoisotopic (exact) mass is 308 g/mol. The Balaban J connectivity index is 2.27. The summed E-state index contributed by atoms with van der Waals surface area (Å²) < 4.78 is 26.9. The number of phenolic OH excluding ortho intramolecular Hbond substituents is 1. The fourth-order valence-corrected chi connectivity index (χ4v) is 1.78. The molecule has 0 radical (unpaired) electrons. The molecule has 2 aromatic rings. The molecule has 0 saturated carbocycles. The third-order valence-electron chi connectivity index (χ3n) is 2.71. The molecular weight excluding hydrogens is 298 g/mol. The summed E-state index contributed by atoms with van der Waals surface area (Å²) in [5.74, 6) is -2.69. The number of carbonyl (C=O) groups is 1. The lowest BCUT2D eigenvalue weighted by molar-refractivity contribution is 0.102. The van der Waals surface area contributed by atoms with Crippen LogP contribution >= 0.6 is 12.2 Å². The van der Waals surface area contributed by atoms with E-state index in [2.05, 4.69) is 5.32 Å². The Morgan fingerprint density at radius 2 is 1.90 bits per heavy atom. The molecule has 108 valence electrons. The van der Waals surface area contributed by atoms with Gasteiger partial charge in [-0.3, -0.25) is 4.79 Å². The Kier molecular flexibility index (Phi) is 4.13. The van der Waals surface area contributed by atoms with E-state index < -0.39 is 23.3 Å². The van der Waals surface area contributed by atoms with Crippen LogP contribution in [-0.4, -0.2) is 16.0 Å². The minimum Gasteiger partial charge on any atom is -0.507 e. The molecule has 0 unspecified atom stereocenters. The summed E-state index contributed by atoms with van der Waals surface area (Å²) in [6, 6.07) is 6.68. The number of halogens is 2. The molecule has 0 aliphatic carbocycles. The maximum Gasteiger partial charge on any atom is 0.259 e. The summed E-state index contributed by atoms with van der Waals surface area (Å²) in [7, 11) is 0. The van der Waals surface area contributed by atoms with Crippen LogP contribution < -0.4 is 11.1 Å². The molecule has 0 bridgehead atoms. The molecular formula is C14H10F2N2O2S. The molecule has 2 aromatic carbocycles. The maximum atomic E-state index is 13.8. The van der Waals surface area contributed by atoms with Crippen LogP contribution in [0.4, 0.5) is 14.5 Å². The number of thiocarbonyl (C=S) groups is 1. The normalized spacial score (nSPS) is 10.2. The fraction of sp³-hybridized carbons (Fsp3) is 0. The van der Waals surface area contributed by atoms with Crippen molar-refractivity contribution < 1.29 is 18.7 Å². The second-order valence-corrected chi connectivity index (χ2v) is 4.61. The van der Waals surface area contributed by atoms with Gasteiger partial charge in [0.25, 0.3) is 5.91 Å². The first-order chi connectivity index (χ1) is 9.88. The van der Waals surface area contributed by atoms with Crippen LogP contribution in [-0.2, 0) is 0 Å². The highest BCUT2D eigenvalue weighted by Gasteiger charge is 2.14. The molecule has 0 saturated heterocycles. The van der Waals surface area contributed by atoms with E-state index in [9.17, 15) is 18.7 Å². The summed E-state index contributed by atoms with van der Waals surface area (Å²) in [5.41, 5.74) is 5.24. The van der Waals surface area contributed by atoms with Crippen LogP contribution in [0.2, 0.25) is 0 Å². The van der Waals surface area contributed by atoms with Gasteiger partial charge in [0, 0.05) is 5.56 Å². The molecule has 0 heterocycles. The highest BCUT2D eigenvalue weighted by molar-refractivity contribution is 7.80. The number of carbonyl (C=O) groups excluding carboxylic acids is 1. The summed E-state index contributed by atoms with van der Waals surface area (Å²) >= 11 is 4.71. The van der Waals surface area contributed by atoms with Gasteiger partial charge in [0.15, 0.2) is 0 Å². The smallest absolute Gasteiger partial charge is 0.259 e. The van der Waals surface area contributed by atoms with Crippen LogP contribution in [0.5, 0.6) is 5.75 Å². The average Bonchev–Trinajstić information content (AvgIpc) is 2.43. The molecule has 4 nitrogen and oxygen atoms in total. The molecule has 0 spiro atoms. The van der Waals surface area contributed by atoms with E-state index in [-0.39, 0.29) is 16.2 Å². The lowest BCUT2D eigenvalue weighted by Crippen LogP contribution is -2.15. The maximum absolute atomic E-state index is 13.8. The summed E-state index contributed by atoms with van der Waals surface area (Å²) in [6.45, 7) is 0. The van der Waals surface area contributed by atoms with Crippen LogP contribution in [0.3, 0.4) is 0 Å². The van der Waals surface area contributed by atoms with Gasteiger partial charge in [-0.1, -0.05) is 12.2 Å². The third-order valence-corrected chi connectivity index (χ3v) is 2.94. The Hall–Kier alpha value is -2.54. The topological polar surface area (TPSA) is 75.3 Å². The minimum atomic E-state index is -0.839. The van der Waals surface area contributed by atoms with Crippen molar-refractivity contribution in [2.45, 2.75) is 0 Å². The van der Waals surface area contributed by atoms with E-state index in [0.717, 1.165) is 24.3 Å². The van der Waals surface area contributed by atoms with Gasteiger partial charge < -0.3 is 16.2 Å². The van der Waals surface area contributed by atoms with Gasteiger partial charge in [0.05, 0.1) is 11.3 Å². The first-order valence-corrected chi connectivity index (χ1v) is 6.18. The van der Waals surface area contributed by atoms with Crippen LogP contribution in [0.25, 0.3) is 0 Å². The lowest BCUT2D eigenvalue weighted by atomic mass is 10.1. The Labute approximate surface area is 124 Å². The SMILES string of the molecule is NC(=S)c1ccc(NC(=O)c2cc(F)ccc2O)c(F)c1. The van der Waals surface area contributed by atoms with E-state index in [1.807, 2.05) is 0 Å². The number of phenols is 1. The number of hydrogen-bond donors (Lipinski definition) is 3. The zero-order valence-electron chi connectivity index (χ0n) is 10.6. The van der Waals surface area contributed by atoms with E-state index in [1.54, 1.807) is 0 Å². The zero-order chi connectivity index (χ0) is 15.6. The van der Waals surface area contributed by atoms with Gasteiger partial charge in [-0.25, -0.2) is 8.78 Å². The number of nitrogens with one attached hydrogen (secondary N) is 1. The van der Waals surface area contributed by atoms with Gasteiger partial charge in [-0.15, -0.1) is 0 Å². The molecule has 0 aliphatic heterocycles. The highest BCUT2D eigenvalue weighted by atomic mass is 32.1. The van der Waals surface area contributed by atoms with Gasteiger partial charge in [-0.05, 0) is 36.4 Å².